The second kappa shape index (κ2) is 11.1. The molecule has 0 radical (unpaired) electrons. The van der Waals surface area contributed by atoms with Crippen molar-refractivity contribution in [3.63, 3.8) is 0 Å². The summed E-state index contributed by atoms with van der Waals surface area (Å²) >= 11 is 3.39. The van der Waals surface area contributed by atoms with Crippen molar-refractivity contribution >= 4 is 34.2 Å². The number of halogens is 2. The number of hydrogen-bond acceptors (Lipinski definition) is 4. The zero-order valence-electron chi connectivity index (χ0n) is 13.7. The fourth-order valence-corrected chi connectivity index (χ4v) is 2.63. The van der Waals surface area contributed by atoms with Gasteiger partial charge in [-0.1, -0.05) is 40.2 Å². The summed E-state index contributed by atoms with van der Waals surface area (Å²) in [4.78, 5) is 10.8. The summed E-state index contributed by atoms with van der Waals surface area (Å²) in [5.74, 6) is 0.384. The van der Waals surface area contributed by atoms with Gasteiger partial charge >= 0.3 is 0 Å². The lowest BCUT2D eigenvalue weighted by atomic mass is 10.1. The molecule has 0 saturated carbocycles. The van der Waals surface area contributed by atoms with E-state index in [1.165, 1.54) is 0 Å². The molecule has 0 aliphatic heterocycles. The SMILES string of the molecule is Cl.NC(=O)Cc1ccc(OCCNCC(O)c2cccc(Br)c2)cc1. The third-order valence-electron chi connectivity index (χ3n) is 3.42. The predicted octanol–water partition coefficient (Wildman–Crippen LogP) is 2.60. The molecule has 1 amide bonds. The van der Waals surface area contributed by atoms with Crippen LogP contribution in [0, 0.1) is 0 Å². The van der Waals surface area contributed by atoms with E-state index in [9.17, 15) is 9.90 Å². The molecule has 0 aliphatic rings. The molecule has 136 valence electrons. The standard InChI is InChI=1S/C18H21BrN2O3.ClH/c19-15-3-1-2-14(11-15)17(22)12-21-8-9-24-16-6-4-13(5-7-16)10-18(20)23;/h1-7,11,17,21-22H,8-10,12H2,(H2,20,23);1H. The largest absolute Gasteiger partial charge is 0.492 e. The lowest BCUT2D eigenvalue weighted by Gasteiger charge is -2.13. The smallest absolute Gasteiger partial charge is 0.221 e. The summed E-state index contributed by atoms with van der Waals surface area (Å²) in [6, 6.07) is 14.9. The molecule has 1 atom stereocenters. The van der Waals surface area contributed by atoms with Gasteiger partial charge in [0.2, 0.25) is 5.91 Å². The third kappa shape index (κ3) is 7.88. The van der Waals surface area contributed by atoms with Crippen LogP contribution in [0.25, 0.3) is 0 Å². The lowest BCUT2D eigenvalue weighted by molar-refractivity contribution is -0.117. The number of nitrogens with two attached hydrogens (primary N) is 1. The number of primary amides is 1. The van der Waals surface area contributed by atoms with Gasteiger partial charge in [0, 0.05) is 17.6 Å². The Kier molecular flexibility index (Phi) is 9.52. The number of carbonyl (C=O) groups excluding carboxylic acids is 1. The van der Waals surface area contributed by atoms with Gasteiger partial charge in [-0.15, -0.1) is 12.4 Å². The number of aliphatic hydroxyl groups excluding tert-OH is 1. The highest BCUT2D eigenvalue weighted by molar-refractivity contribution is 9.10. The average Bonchev–Trinajstić information content (AvgIpc) is 2.55. The summed E-state index contributed by atoms with van der Waals surface area (Å²) in [6.45, 7) is 1.56. The first-order valence-electron chi connectivity index (χ1n) is 7.69. The first-order valence-corrected chi connectivity index (χ1v) is 8.48. The van der Waals surface area contributed by atoms with E-state index in [4.69, 9.17) is 10.5 Å². The van der Waals surface area contributed by atoms with E-state index in [1.807, 2.05) is 48.5 Å². The quantitative estimate of drug-likeness (QED) is 0.535. The van der Waals surface area contributed by atoms with Crippen LogP contribution in [0.4, 0.5) is 0 Å². The maximum atomic E-state index is 10.8. The molecule has 2 rings (SSSR count). The van der Waals surface area contributed by atoms with Crippen molar-refractivity contribution in [3.8, 4) is 5.75 Å². The van der Waals surface area contributed by atoms with Gasteiger partial charge in [0.15, 0.2) is 0 Å². The Hall–Kier alpha value is -1.60. The number of benzene rings is 2. The maximum absolute atomic E-state index is 10.8. The van der Waals surface area contributed by atoms with E-state index in [-0.39, 0.29) is 24.7 Å². The van der Waals surface area contributed by atoms with Gasteiger partial charge in [-0.25, -0.2) is 0 Å². The van der Waals surface area contributed by atoms with Crippen LogP contribution in [0.1, 0.15) is 17.2 Å². The first-order chi connectivity index (χ1) is 11.5. The van der Waals surface area contributed by atoms with Crippen LogP contribution in [0.15, 0.2) is 53.0 Å². The summed E-state index contributed by atoms with van der Waals surface area (Å²) in [5, 5.41) is 13.3. The number of amides is 1. The third-order valence-corrected chi connectivity index (χ3v) is 3.91. The lowest BCUT2D eigenvalue weighted by Crippen LogP contribution is -2.26. The molecule has 0 heterocycles. The number of carbonyl (C=O) groups is 1. The molecule has 25 heavy (non-hydrogen) atoms. The molecule has 0 spiro atoms. The van der Waals surface area contributed by atoms with Gasteiger partial charge in [-0.3, -0.25) is 4.79 Å². The zero-order valence-corrected chi connectivity index (χ0v) is 16.1. The van der Waals surface area contributed by atoms with Crippen LogP contribution in [0.2, 0.25) is 0 Å². The Bertz CT molecular complexity index is 668. The topological polar surface area (TPSA) is 84.6 Å². The highest BCUT2D eigenvalue weighted by atomic mass is 79.9. The minimum absolute atomic E-state index is 0. The van der Waals surface area contributed by atoms with Crippen molar-refractivity contribution in [2.75, 3.05) is 19.7 Å². The highest BCUT2D eigenvalue weighted by Crippen LogP contribution is 2.17. The van der Waals surface area contributed by atoms with Crippen LogP contribution in [0.5, 0.6) is 5.75 Å². The van der Waals surface area contributed by atoms with E-state index in [0.29, 0.717) is 19.7 Å². The monoisotopic (exact) mass is 428 g/mol. The normalized spacial score (nSPS) is 11.4. The van der Waals surface area contributed by atoms with Crippen LogP contribution >= 0.6 is 28.3 Å². The minimum atomic E-state index is -0.560. The van der Waals surface area contributed by atoms with E-state index in [1.54, 1.807) is 0 Å². The fraction of sp³-hybridized carbons (Fsp3) is 0.278. The first kappa shape index (κ1) is 21.4. The number of rotatable bonds is 9. The molecule has 0 bridgehead atoms. The number of aliphatic hydroxyl groups is 1. The van der Waals surface area contributed by atoms with Gasteiger partial charge < -0.3 is 20.9 Å². The molecule has 0 aromatic heterocycles. The second-order valence-electron chi connectivity index (χ2n) is 5.41. The second-order valence-corrected chi connectivity index (χ2v) is 6.33. The van der Waals surface area contributed by atoms with E-state index in [2.05, 4.69) is 21.2 Å². The molecular weight excluding hydrogens is 408 g/mol. The molecule has 2 aromatic carbocycles. The van der Waals surface area contributed by atoms with Crippen molar-refractivity contribution in [2.45, 2.75) is 12.5 Å². The Morgan fingerprint density at radius 3 is 2.60 bits per heavy atom. The Morgan fingerprint density at radius 1 is 1.24 bits per heavy atom. The van der Waals surface area contributed by atoms with Crippen LogP contribution in [-0.4, -0.2) is 30.7 Å². The summed E-state index contributed by atoms with van der Waals surface area (Å²) < 4.78 is 6.55. The van der Waals surface area contributed by atoms with Crippen molar-refractivity contribution in [3.05, 3.63) is 64.1 Å². The molecule has 1 unspecified atom stereocenters. The van der Waals surface area contributed by atoms with Crippen LogP contribution < -0.4 is 15.8 Å². The summed E-state index contributed by atoms with van der Waals surface area (Å²) in [7, 11) is 0. The molecular formula is C18H22BrClN2O3. The van der Waals surface area contributed by atoms with Crippen LogP contribution in [-0.2, 0) is 11.2 Å². The molecule has 7 heteroatoms. The number of ether oxygens (including phenoxy) is 1. The fourth-order valence-electron chi connectivity index (χ4n) is 2.22. The molecule has 0 fully saturated rings. The van der Waals surface area contributed by atoms with Gasteiger partial charge in [-0.2, -0.15) is 0 Å². The minimum Gasteiger partial charge on any atom is -0.492 e. The van der Waals surface area contributed by atoms with Crippen molar-refractivity contribution in [1.29, 1.82) is 0 Å². The average molecular weight is 430 g/mol. The molecule has 0 saturated heterocycles. The number of hydrogen-bond donors (Lipinski definition) is 3. The molecule has 4 N–H and O–H groups in total. The van der Waals surface area contributed by atoms with Gasteiger partial charge in [0.25, 0.3) is 0 Å². The molecule has 5 nitrogen and oxygen atoms in total. The number of nitrogens with one attached hydrogen (secondary N) is 1. The predicted molar refractivity (Wildman–Crippen MR) is 104 cm³/mol. The Balaban J connectivity index is 0.00000312. The van der Waals surface area contributed by atoms with Crippen molar-refractivity contribution < 1.29 is 14.6 Å². The zero-order chi connectivity index (χ0) is 17.4. The molecule has 2 aromatic rings. The highest BCUT2D eigenvalue weighted by Gasteiger charge is 2.07. The van der Waals surface area contributed by atoms with Crippen molar-refractivity contribution in [1.82, 2.24) is 5.32 Å². The van der Waals surface area contributed by atoms with E-state index >= 15 is 0 Å². The Labute approximate surface area is 162 Å². The maximum Gasteiger partial charge on any atom is 0.221 e. The Morgan fingerprint density at radius 2 is 1.96 bits per heavy atom. The van der Waals surface area contributed by atoms with Gasteiger partial charge in [0.1, 0.15) is 12.4 Å². The molecule has 0 aliphatic carbocycles. The summed E-state index contributed by atoms with van der Waals surface area (Å²) in [6.07, 6.45) is -0.328. The summed E-state index contributed by atoms with van der Waals surface area (Å²) in [5.41, 5.74) is 6.88. The van der Waals surface area contributed by atoms with Crippen molar-refractivity contribution in [2.24, 2.45) is 5.73 Å². The van der Waals surface area contributed by atoms with Gasteiger partial charge in [0.05, 0.1) is 12.5 Å². The van der Waals surface area contributed by atoms with E-state index < -0.39 is 6.10 Å². The van der Waals surface area contributed by atoms with Gasteiger partial charge in [-0.05, 0) is 35.4 Å². The van der Waals surface area contributed by atoms with E-state index in [0.717, 1.165) is 21.3 Å². The van der Waals surface area contributed by atoms with Crippen LogP contribution in [0.3, 0.4) is 0 Å².